The van der Waals surface area contributed by atoms with Gasteiger partial charge in [0.25, 0.3) is 0 Å². The quantitative estimate of drug-likeness (QED) is 0.839. The van der Waals surface area contributed by atoms with E-state index in [1.165, 1.54) is 24.6 Å². The van der Waals surface area contributed by atoms with Gasteiger partial charge in [-0.05, 0) is 49.5 Å². The van der Waals surface area contributed by atoms with Crippen LogP contribution in [0.2, 0.25) is 0 Å². The Bertz CT molecular complexity index is 510. The molecule has 0 unspecified atom stereocenters. The third-order valence-corrected chi connectivity index (χ3v) is 4.57. The second-order valence-electron chi connectivity index (χ2n) is 6.22. The van der Waals surface area contributed by atoms with Crippen LogP contribution in [0.3, 0.4) is 0 Å². The second kappa shape index (κ2) is 6.43. The number of nitrogens with zero attached hydrogens (tertiary/aromatic N) is 1. The van der Waals surface area contributed by atoms with Gasteiger partial charge in [-0.15, -0.1) is 0 Å². The number of nitrogens with two attached hydrogens (primary N) is 1. The summed E-state index contributed by atoms with van der Waals surface area (Å²) in [5.41, 5.74) is 6.82. The molecule has 0 spiro atoms. The van der Waals surface area contributed by atoms with Gasteiger partial charge in [0.15, 0.2) is 0 Å². The van der Waals surface area contributed by atoms with Crippen LogP contribution in [0.25, 0.3) is 0 Å². The molecule has 0 saturated carbocycles. The predicted molar refractivity (Wildman–Crippen MR) is 83.5 cm³/mol. The van der Waals surface area contributed by atoms with Crippen molar-refractivity contribution in [3.05, 3.63) is 24.0 Å². The first kappa shape index (κ1) is 15.8. The first-order valence-electron chi connectivity index (χ1n) is 7.49. The van der Waals surface area contributed by atoms with Crippen LogP contribution in [0.15, 0.2) is 18.2 Å². The highest BCUT2D eigenvalue weighted by molar-refractivity contribution is 5.95. The number of carbonyl (C=O) groups is 1. The van der Waals surface area contributed by atoms with Gasteiger partial charge in [0.1, 0.15) is 5.82 Å². The van der Waals surface area contributed by atoms with Gasteiger partial charge >= 0.3 is 0 Å². The van der Waals surface area contributed by atoms with E-state index in [2.05, 4.69) is 24.1 Å². The van der Waals surface area contributed by atoms with E-state index >= 15 is 0 Å². The molecule has 0 aliphatic carbocycles. The minimum Gasteiger partial charge on any atom is -0.397 e. The summed E-state index contributed by atoms with van der Waals surface area (Å²) in [7, 11) is 0. The normalized spacial score (nSPS) is 18.4. The average Bonchev–Trinajstić information content (AvgIpc) is 2.45. The Hall–Kier alpha value is -1.62. The molecule has 116 valence electrons. The van der Waals surface area contributed by atoms with Crippen molar-refractivity contribution in [1.82, 2.24) is 4.90 Å². The predicted octanol–water partition coefficient (Wildman–Crippen LogP) is 2.86. The lowest BCUT2D eigenvalue weighted by molar-refractivity contribution is -0.117. The lowest BCUT2D eigenvalue weighted by Crippen LogP contribution is -2.42. The third kappa shape index (κ3) is 4.17. The Balaban J connectivity index is 1.85. The summed E-state index contributed by atoms with van der Waals surface area (Å²) in [6.45, 7) is 6.77. The molecule has 1 heterocycles. The lowest BCUT2D eigenvalue weighted by atomic mass is 9.78. The highest BCUT2D eigenvalue weighted by atomic mass is 19.1. The highest BCUT2D eigenvalue weighted by Gasteiger charge is 2.28. The van der Waals surface area contributed by atoms with Crippen LogP contribution in [0.4, 0.5) is 15.8 Å². The summed E-state index contributed by atoms with van der Waals surface area (Å²) < 4.78 is 13.0. The Morgan fingerprint density at radius 1 is 1.43 bits per heavy atom. The fourth-order valence-corrected chi connectivity index (χ4v) is 2.64. The molecule has 0 bridgehead atoms. The molecule has 1 aromatic carbocycles. The number of rotatable bonds is 4. The standard InChI is InChI=1S/C16H24FN3O/c1-3-16(2)6-8-20(9-7-16)11-15(21)19-14-5-4-12(17)10-13(14)18/h4-5,10H,3,6-9,11,18H2,1-2H3,(H,19,21). The van der Waals surface area contributed by atoms with E-state index in [4.69, 9.17) is 5.73 Å². The van der Waals surface area contributed by atoms with E-state index in [-0.39, 0.29) is 11.6 Å². The van der Waals surface area contributed by atoms with Crippen LogP contribution >= 0.6 is 0 Å². The number of hydrogen-bond donors (Lipinski definition) is 2. The molecule has 1 saturated heterocycles. The number of benzene rings is 1. The summed E-state index contributed by atoms with van der Waals surface area (Å²) in [5, 5.41) is 2.75. The Kier molecular flexibility index (Phi) is 4.83. The van der Waals surface area contributed by atoms with Gasteiger partial charge < -0.3 is 11.1 Å². The summed E-state index contributed by atoms with van der Waals surface area (Å²) in [6.07, 6.45) is 3.42. The van der Waals surface area contributed by atoms with E-state index < -0.39 is 5.82 Å². The minimum absolute atomic E-state index is 0.103. The van der Waals surface area contributed by atoms with Crippen LogP contribution in [0.5, 0.6) is 0 Å². The number of nitrogens with one attached hydrogen (secondary N) is 1. The molecule has 5 heteroatoms. The fraction of sp³-hybridized carbons (Fsp3) is 0.562. The number of nitrogen functional groups attached to an aromatic ring is 1. The van der Waals surface area contributed by atoms with Gasteiger partial charge in [-0.3, -0.25) is 9.69 Å². The van der Waals surface area contributed by atoms with Crippen molar-refractivity contribution in [2.45, 2.75) is 33.1 Å². The maximum atomic E-state index is 13.0. The first-order valence-corrected chi connectivity index (χ1v) is 7.49. The molecule has 1 aromatic rings. The van der Waals surface area contributed by atoms with E-state index in [0.29, 0.717) is 17.6 Å². The van der Waals surface area contributed by atoms with Crippen LogP contribution in [-0.4, -0.2) is 30.4 Å². The number of piperidine rings is 1. The van der Waals surface area contributed by atoms with Crippen LogP contribution in [-0.2, 0) is 4.79 Å². The fourth-order valence-electron chi connectivity index (χ4n) is 2.64. The Morgan fingerprint density at radius 3 is 2.67 bits per heavy atom. The molecule has 1 aliphatic heterocycles. The first-order chi connectivity index (χ1) is 9.92. The number of amides is 1. The smallest absolute Gasteiger partial charge is 0.238 e. The highest BCUT2D eigenvalue weighted by Crippen LogP contribution is 2.33. The van der Waals surface area contributed by atoms with E-state index in [1.807, 2.05) is 0 Å². The third-order valence-electron chi connectivity index (χ3n) is 4.57. The van der Waals surface area contributed by atoms with Gasteiger partial charge in [0, 0.05) is 0 Å². The molecule has 2 rings (SSSR count). The SMILES string of the molecule is CCC1(C)CCN(CC(=O)Nc2ccc(F)cc2N)CC1. The summed E-state index contributed by atoms with van der Waals surface area (Å²) in [5.74, 6) is -0.506. The number of likely N-dealkylation sites (tertiary alicyclic amines) is 1. The molecule has 0 aromatic heterocycles. The second-order valence-corrected chi connectivity index (χ2v) is 6.22. The monoisotopic (exact) mass is 293 g/mol. The zero-order chi connectivity index (χ0) is 15.5. The van der Waals surface area contributed by atoms with Gasteiger partial charge in [0.05, 0.1) is 17.9 Å². The van der Waals surface area contributed by atoms with Crippen molar-refractivity contribution in [1.29, 1.82) is 0 Å². The molecular formula is C16H24FN3O. The molecule has 1 aliphatic rings. The van der Waals surface area contributed by atoms with Crippen LogP contribution in [0, 0.1) is 11.2 Å². The Morgan fingerprint density at radius 2 is 2.10 bits per heavy atom. The summed E-state index contributed by atoms with van der Waals surface area (Å²) in [4.78, 5) is 14.2. The molecule has 1 fully saturated rings. The number of hydrogen-bond acceptors (Lipinski definition) is 3. The van der Waals surface area contributed by atoms with Gasteiger partial charge in [-0.1, -0.05) is 20.3 Å². The maximum absolute atomic E-state index is 13.0. The van der Waals surface area contributed by atoms with Crippen LogP contribution < -0.4 is 11.1 Å². The lowest BCUT2D eigenvalue weighted by Gasteiger charge is -2.38. The van der Waals surface area contributed by atoms with Gasteiger partial charge in [-0.25, -0.2) is 4.39 Å². The molecule has 0 atom stereocenters. The largest absolute Gasteiger partial charge is 0.397 e. The summed E-state index contributed by atoms with van der Waals surface area (Å²) in [6, 6.07) is 4.00. The Labute approximate surface area is 125 Å². The number of halogens is 1. The van der Waals surface area contributed by atoms with Crippen molar-refractivity contribution < 1.29 is 9.18 Å². The molecule has 21 heavy (non-hydrogen) atoms. The van der Waals surface area contributed by atoms with Crippen LogP contribution in [0.1, 0.15) is 33.1 Å². The van der Waals surface area contributed by atoms with Gasteiger partial charge in [0.2, 0.25) is 5.91 Å². The van der Waals surface area contributed by atoms with Crippen molar-refractivity contribution in [3.63, 3.8) is 0 Å². The van der Waals surface area contributed by atoms with E-state index in [9.17, 15) is 9.18 Å². The van der Waals surface area contributed by atoms with Crippen molar-refractivity contribution in [3.8, 4) is 0 Å². The topological polar surface area (TPSA) is 58.4 Å². The van der Waals surface area contributed by atoms with E-state index in [0.717, 1.165) is 25.9 Å². The molecule has 0 radical (unpaired) electrons. The summed E-state index contributed by atoms with van der Waals surface area (Å²) >= 11 is 0. The minimum atomic E-state index is -0.402. The molecule has 1 amide bonds. The number of carbonyl (C=O) groups excluding carboxylic acids is 1. The van der Waals surface area contributed by atoms with Crippen molar-refractivity contribution >= 4 is 17.3 Å². The molecular weight excluding hydrogens is 269 g/mol. The molecule has 3 N–H and O–H groups in total. The van der Waals surface area contributed by atoms with E-state index in [1.54, 1.807) is 0 Å². The maximum Gasteiger partial charge on any atom is 0.238 e. The molecule has 4 nitrogen and oxygen atoms in total. The zero-order valence-corrected chi connectivity index (χ0v) is 12.8. The van der Waals surface area contributed by atoms with Gasteiger partial charge in [-0.2, -0.15) is 0 Å². The number of anilines is 2. The van der Waals surface area contributed by atoms with Crippen molar-refractivity contribution in [2.75, 3.05) is 30.7 Å². The zero-order valence-electron chi connectivity index (χ0n) is 12.8. The average molecular weight is 293 g/mol. The van der Waals surface area contributed by atoms with Crippen molar-refractivity contribution in [2.24, 2.45) is 5.41 Å².